The SMILES string of the molecule is COC(=O)[C@H](C)NC[C@H](N[C@@H](CC(C)C)C(=O)OC)[C@H](Cc1ccccc1)NC(=O)OC(C)(C)C. The van der Waals surface area contributed by atoms with E-state index in [1.165, 1.54) is 14.2 Å². The number of ether oxygens (including phenoxy) is 3. The minimum atomic E-state index is -0.672. The highest BCUT2D eigenvalue weighted by Gasteiger charge is 2.31. The molecule has 9 nitrogen and oxygen atoms in total. The Labute approximate surface area is 209 Å². The highest BCUT2D eigenvalue weighted by atomic mass is 16.6. The zero-order chi connectivity index (χ0) is 26.6. The van der Waals surface area contributed by atoms with Crippen LogP contribution in [0.2, 0.25) is 0 Å². The van der Waals surface area contributed by atoms with E-state index in [1.54, 1.807) is 27.7 Å². The van der Waals surface area contributed by atoms with Crippen LogP contribution in [0, 0.1) is 5.92 Å². The van der Waals surface area contributed by atoms with Gasteiger partial charge in [-0.1, -0.05) is 44.2 Å². The van der Waals surface area contributed by atoms with Crippen LogP contribution in [0.4, 0.5) is 4.79 Å². The number of methoxy groups -OCH3 is 2. The summed E-state index contributed by atoms with van der Waals surface area (Å²) in [4.78, 5) is 37.3. The third-order valence-corrected chi connectivity index (χ3v) is 5.29. The fourth-order valence-corrected chi connectivity index (χ4v) is 3.61. The Hall–Kier alpha value is -2.65. The van der Waals surface area contributed by atoms with Crippen molar-refractivity contribution in [2.24, 2.45) is 5.92 Å². The van der Waals surface area contributed by atoms with Gasteiger partial charge in [-0.2, -0.15) is 0 Å². The molecule has 3 N–H and O–H groups in total. The van der Waals surface area contributed by atoms with Gasteiger partial charge in [-0.15, -0.1) is 0 Å². The fraction of sp³-hybridized carbons (Fsp3) is 0.654. The lowest BCUT2D eigenvalue weighted by Crippen LogP contribution is -2.60. The van der Waals surface area contributed by atoms with Crippen molar-refractivity contribution in [1.82, 2.24) is 16.0 Å². The van der Waals surface area contributed by atoms with Gasteiger partial charge in [0.1, 0.15) is 17.7 Å². The molecule has 0 aromatic heterocycles. The van der Waals surface area contributed by atoms with Crippen molar-refractivity contribution in [3.63, 3.8) is 0 Å². The molecule has 0 spiro atoms. The molecule has 1 amide bonds. The molecule has 35 heavy (non-hydrogen) atoms. The first kappa shape index (κ1) is 30.4. The van der Waals surface area contributed by atoms with Gasteiger partial charge >= 0.3 is 18.0 Å². The number of benzene rings is 1. The Morgan fingerprint density at radius 1 is 0.914 bits per heavy atom. The molecule has 1 rings (SSSR count). The molecule has 0 aliphatic rings. The van der Waals surface area contributed by atoms with Gasteiger partial charge in [0.15, 0.2) is 0 Å². The molecule has 0 heterocycles. The normalized spacial score (nSPS) is 15.0. The third-order valence-electron chi connectivity index (χ3n) is 5.29. The first-order valence-electron chi connectivity index (χ1n) is 12.0. The van der Waals surface area contributed by atoms with Gasteiger partial charge in [-0.3, -0.25) is 14.9 Å². The largest absolute Gasteiger partial charge is 0.468 e. The van der Waals surface area contributed by atoms with Crippen molar-refractivity contribution in [3.05, 3.63) is 35.9 Å². The highest BCUT2D eigenvalue weighted by Crippen LogP contribution is 2.13. The van der Waals surface area contributed by atoms with Gasteiger partial charge < -0.3 is 24.8 Å². The van der Waals surface area contributed by atoms with Gasteiger partial charge in [0.2, 0.25) is 0 Å². The molecular weight excluding hydrogens is 450 g/mol. The summed E-state index contributed by atoms with van der Waals surface area (Å²) >= 11 is 0. The molecule has 0 saturated carbocycles. The van der Waals surface area contributed by atoms with Crippen molar-refractivity contribution in [2.75, 3.05) is 20.8 Å². The highest BCUT2D eigenvalue weighted by molar-refractivity contribution is 5.76. The summed E-state index contributed by atoms with van der Waals surface area (Å²) in [6, 6.07) is 7.62. The molecule has 198 valence electrons. The van der Waals surface area contributed by atoms with Crippen molar-refractivity contribution in [1.29, 1.82) is 0 Å². The van der Waals surface area contributed by atoms with E-state index in [2.05, 4.69) is 16.0 Å². The van der Waals surface area contributed by atoms with E-state index in [0.717, 1.165) is 5.56 Å². The summed E-state index contributed by atoms with van der Waals surface area (Å²) in [7, 11) is 2.68. The summed E-state index contributed by atoms with van der Waals surface area (Å²) in [5.41, 5.74) is 0.327. The van der Waals surface area contributed by atoms with Gasteiger partial charge in [0, 0.05) is 12.6 Å². The van der Waals surface area contributed by atoms with Crippen LogP contribution in [-0.2, 0) is 30.2 Å². The lowest BCUT2D eigenvalue weighted by atomic mass is 9.96. The van der Waals surface area contributed by atoms with Crippen LogP contribution in [0.25, 0.3) is 0 Å². The van der Waals surface area contributed by atoms with Crippen molar-refractivity contribution in [3.8, 4) is 0 Å². The van der Waals surface area contributed by atoms with E-state index in [9.17, 15) is 14.4 Å². The van der Waals surface area contributed by atoms with Crippen LogP contribution in [0.15, 0.2) is 30.3 Å². The number of esters is 2. The third kappa shape index (κ3) is 12.0. The van der Waals surface area contributed by atoms with Crippen molar-refractivity contribution >= 4 is 18.0 Å². The maximum atomic E-state index is 12.8. The molecule has 0 aliphatic heterocycles. The average molecular weight is 494 g/mol. The molecule has 0 bridgehead atoms. The monoisotopic (exact) mass is 493 g/mol. The van der Waals surface area contributed by atoms with Crippen LogP contribution < -0.4 is 16.0 Å². The van der Waals surface area contributed by atoms with Gasteiger partial charge in [-0.05, 0) is 52.0 Å². The first-order chi connectivity index (χ1) is 16.4. The standard InChI is InChI=1S/C26H43N3O6/c1-17(2)14-21(24(31)34-8)28-22(16-27-18(3)23(30)33-7)20(15-19-12-10-9-11-13-19)29-25(32)35-26(4,5)6/h9-13,17-18,20-22,27-28H,14-16H2,1-8H3,(H,29,32)/t18-,20-,21-,22-/m0/s1. The zero-order valence-electron chi connectivity index (χ0n) is 22.3. The molecule has 4 atom stereocenters. The minimum absolute atomic E-state index is 0.223. The Bertz CT molecular complexity index is 794. The van der Waals surface area contributed by atoms with E-state index in [0.29, 0.717) is 12.8 Å². The smallest absolute Gasteiger partial charge is 0.407 e. The summed E-state index contributed by atoms with van der Waals surface area (Å²) in [6.07, 6.45) is 0.451. The van der Waals surface area contributed by atoms with Crippen LogP contribution >= 0.6 is 0 Å². The number of nitrogens with one attached hydrogen (secondary N) is 3. The molecule has 1 aromatic rings. The quantitative estimate of drug-likeness (QED) is 0.284. The predicted octanol–water partition coefficient (Wildman–Crippen LogP) is 2.82. The number of hydrogen-bond donors (Lipinski definition) is 3. The number of alkyl carbamates (subject to hydrolysis) is 1. The number of rotatable bonds is 13. The number of amides is 1. The molecule has 0 radical (unpaired) electrons. The maximum Gasteiger partial charge on any atom is 0.407 e. The second kappa shape index (κ2) is 14.7. The van der Waals surface area contributed by atoms with Crippen LogP contribution in [0.3, 0.4) is 0 Å². The zero-order valence-corrected chi connectivity index (χ0v) is 22.3. The summed E-state index contributed by atoms with van der Waals surface area (Å²) in [5.74, 6) is -0.573. The van der Waals surface area contributed by atoms with E-state index in [-0.39, 0.29) is 18.4 Å². The fourth-order valence-electron chi connectivity index (χ4n) is 3.61. The van der Waals surface area contributed by atoms with E-state index in [4.69, 9.17) is 14.2 Å². The summed E-state index contributed by atoms with van der Waals surface area (Å²) in [6.45, 7) is 11.4. The first-order valence-corrected chi connectivity index (χ1v) is 12.0. The van der Waals surface area contributed by atoms with Crippen LogP contribution in [-0.4, -0.2) is 68.6 Å². The Morgan fingerprint density at radius 2 is 1.51 bits per heavy atom. The summed E-state index contributed by atoms with van der Waals surface area (Å²) < 4.78 is 15.4. The van der Waals surface area contributed by atoms with Crippen LogP contribution in [0.1, 0.15) is 53.5 Å². The van der Waals surface area contributed by atoms with Gasteiger partial charge in [0.05, 0.1) is 20.3 Å². The average Bonchev–Trinajstić information content (AvgIpc) is 2.78. The molecule has 0 aliphatic carbocycles. The van der Waals surface area contributed by atoms with E-state index in [1.807, 2.05) is 44.2 Å². The second-order valence-electron chi connectivity index (χ2n) is 10.1. The lowest BCUT2D eigenvalue weighted by molar-refractivity contribution is -0.144. The predicted molar refractivity (Wildman–Crippen MR) is 135 cm³/mol. The lowest BCUT2D eigenvalue weighted by Gasteiger charge is -2.33. The second-order valence-corrected chi connectivity index (χ2v) is 10.1. The molecule has 1 aromatic carbocycles. The topological polar surface area (TPSA) is 115 Å². The maximum absolute atomic E-state index is 12.8. The summed E-state index contributed by atoms with van der Waals surface area (Å²) in [5, 5.41) is 9.51. The van der Waals surface area contributed by atoms with Crippen molar-refractivity contribution in [2.45, 2.75) is 84.2 Å². The molecule has 0 unspecified atom stereocenters. The van der Waals surface area contributed by atoms with E-state index < -0.39 is 41.8 Å². The van der Waals surface area contributed by atoms with Gasteiger partial charge in [0.25, 0.3) is 0 Å². The molecular formula is C26H43N3O6. The molecule has 0 saturated heterocycles. The number of hydrogen-bond acceptors (Lipinski definition) is 8. The Balaban J connectivity index is 3.29. The van der Waals surface area contributed by atoms with Crippen LogP contribution in [0.5, 0.6) is 0 Å². The molecule has 0 fully saturated rings. The van der Waals surface area contributed by atoms with E-state index >= 15 is 0 Å². The number of carbonyl (C=O) groups is 3. The molecule has 9 heteroatoms. The minimum Gasteiger partial charge on any atom is -0.468 e. The number of carbonyl (C=O) groups excluding carboxylic acids is 3. The Morgan fingerprint density at radius 3 is 2.03 bits per heavy atom. The van der Waals surface area contributed by atoms with Gasteiger partial charge in [-0.25, -0.2) is 4.79 Å². The Kier molecular flexibility index (Phi) is 12.7. The van der Waals surface area contributed by atoms with Crippen molar-refractivity contribution < 1.29 is 28.6 Å².